The highest BCUT2D eigenvalue weighted by Gasteiger charge is 2.11. The predicted molar refractivity (Wildman–Crippen MR) is 46.5 cm³/mol. The fraction of sp³-hybridized carbons (Fsp3) is 0.571. The lowest BCUT2D eigenvalue weighted by Gasteiger charge is -2.06. The molecule has 7 heteroatoms. The molecule has 7 nitrogen and oxygen atoms in total. The molecule has 1 heterocycles. The van der Waals surface area contributed by atoms with E-state index in [1.165, 1.54) is 0 Å². The number of aromatic amines is 1. The maximum Gasteiger partial charge on any atom is 0.291 e. The highest BCUT2D eigenvalue weighted by Crippen LogP contribution is 1.90. The van der Waals surface area contributed by atoms with E-state index in [0.29, 0.717) is 5.82 Å². The molecular formula is C7H12N4O3. The number of nitrogens with zero attached hydrogens (tertiary/aromatic N) is 2. The van der Waals surface area contributed by atoms with E-state index in [9.17, 15) is 4.79 Å². The van der Waals surface area contributed by atoms with Gasteiger partial charge in [-0.05, 0) is 6.92 Å². The molecule has 1 aromatic rings. The van der Waals surface area contributed by atoms with Gasteiger partial charge in [-0.3, -0.25) is 9.89 Å². The molecule has 1 amide bonds. The molecule has 0 aliphatic heterocycles. The summed E-state index contributed by atoms with van der Waals surface area (Å²) < 4.78 is 0. The average molecular weight is 200 g/mol. The standard InChI is InChI=1S/C7H12N4O3/c1-4-9-6(11-10-4)7(14)8-2-5(13)3-12/h5,12-13H,2-3H2,1H3,(H,8,14)(H,9,10,11). The summed E-state index contributed by atoms with van der Waals surface area (Å²) in [7, 11) is 0. The van der Waals surface area contributed by atoms with Gasteiger partial charge in [0.25, 0.3) is 5.91 Å². The molecule has 1 unspecified atom stereocenters. The maximum absolute atomic E-state index is 11.2. The van der Waals surface area contributed by atoms with Crippen LogP contribution in [0.15, 0.2) is 0 Å². The van der Waals surface area contributed by atoms with Crippen molar-refractivity contribution in [1.29, 1.82) is 0 Å². The lowest BCUT2D eigenvalue weighted by molar-refractivity contribution is 0.0795. The van der Waals surface area contributed by atoms with Crippen molar-refractivity contribution in [3.63, 3.8) is 0 Å². The summed E-state index contributed by atoms with van der Waals surface area (Å²) >= 11 is 0. The zero-order chi connectivity index (χ0) is 10.6. The van der Waals surface area contributed by atoms with E-state index < -0.39 is 18.6 Å². The Balaban J connectivity index is 2.43. The van der Waals surface area contributed by atoms with Gasteiger partial charge in [-0.1, -0.05) is 0 Å². The van der Waals surface area contributed by atoms with Crippen LogP contribution < -0.4 is 5.32 Å². The molecule has 4 N–H and O–H groups in total. The molecular weight excluding hydrogens is 188 g/mol. The molecule has 0 radical (unpaired) electrons. The Morgan fingerprint density at radius 1 is 1.71 bits per heavy atom. The molecule has 0 fully saturated rings. The number of rotatable bonds is 4. The summed E-state index contributed by atoms with van der Waals surface area (Å²) in [5, 5.41) is 25.9. The first-order valence-corrected chi connectivity index (χ1v) is 4.09. The molecule has 0 bridgehead atoms. The van der Waals surface area contributed by atoms with Crippen LogP contribution in [-0.2, 0) is 0 Å². The van der Waals surface area contributed by atoms with Crippen molar-refractivity contribution in [1.82, 2.24) is 20.5 Å². The second-order valence-electron chi connectivity index (χ2n) is 2.79. The van der Waals surface area contributed by atoms with Crippen LogP contribution in [0.25, 0.3) is 0 Å². The van der Waals surface area contributed by atoms with Crippen molar-refractivity contribution in [2.24, 2.45) is 0 Å². The number of carbonyl (C=O) groups excluding carboxylic acids is 1. The Morgan fingerprint density at radius 3 is 2.93 bits per heavy atom. The predicted octanol–water partition coefficient (Wildman–Crippen LogP) is -1.80. The molecule has 0 aliphatic rings. The topological polar surface area (TPSA) is 111 Å². The summed E-state index contributed by atoms with van der Waals surface area (Å²) in [6.45, 7) is 1.25. The van der Waals surface area contributed by atoms with Crippen molar-refractivity contribution >= 4 is 5.91 Å². The molecule has 0 saturated heterocycles. The minimum absolute atomic E-state index is 0.0210. The van der Waals surface area contributed by atoms with Crippen LogP contribution in [0.2, 0.25) is 0 Å². The number of aromatic nitrogens is 3. The molecule has 0 aliphatic carbocycles. The van der Waals surface area contributed by atoms with Gasteiger partial charge in [0.1, 0.15) is 5.82 Å². The smallest absolute Gasteiger partial charge is 0.291 e. The minimum Gasteiger partial charge on any atom is -0.394 e. The fourth-order valence-electron chi connectivity index (χ4n) is 0.798. The minimum atomic E-state index is -0.959. The van der Waals surface area contributed by atoms with Crippen molar-refractivity contribution in [2.45, 2.75) is 13.0 Å². The van der Waals surface area contributed by atoms with Gasteiger partial charge >= 0.3 is 0 Å². The van der Waals surface area contributed by atoms with E-state index >= 15 is 0 Å². The quantitative estimate of drug-likeness (QED) is 0.458. The fourth-order valence-corrected chi connectivity index (χ4v) is 0.798. The van der Waals surface area contributed by atoms with Gasteiger partial charge in [-0.15, -0.1) is 5.10 Å². The third-order valence-corrected chi connectivity index (χ3v) is 1.51. The monoisotopic (exact) mass is 200 g/mol. The number of hydrogen-bond acceptors (Lipinski definition) is 5. The van der Waals surface area contributed by atoms with E-state index in [1.54, 1.807) is 6.92 Å². The number of amides is 1. The summed E-state index contributed by atoms with van der Waals surface area (Å²) in [5.41, 5.74) is 0. The summed E-state index contributed by atoms with van der Waals surface area (Å²) in [4.78, 5) is 15.0. The second kappa shape index (κ2) is 4.68. The van der Waals surface area contributed by atoms with E-state index in [0.717, 1.165) is 0 Å². The number of aryl methyl sites for hydroxylation is 1. The van der Waals surface area contributed by atoms with Crippen molar-refractivity contribution in [3.05, 3.63) is 11.6 Å². The Hall–Kier alpha value is -1.47. The number of aliphatic hydroxyl groups is 2. The highest BCUT2D eigenvalue weighted by atomic mass is 16.3. The number of H-pyrrole nitrogens is 1. The second-order valence-corrected chi connectivity index (χ2v) is 2.79. The third-order valence-electron chi connectivity index (χ3n) is 1.51. The molecule has 1 aromatic heterocycles. The largest absolute Gasteiger partial charge is 0.394 e. The first-order valence-electron chi connectivity index (χ1n) is 4.09. The zero-order valence-electron chi connectivity index (χ0n) is 7.69. The van der Waals surface area contributed by atoms with Crippen LogP contribution in [0.4, 0.5) is 0 Å². The van der Waals surface area contributed by atoms with E-state index in [-0.39, 0.29) is 12.4 Å². The Labute approximate surface area is 80.2 Å². The van der Waals surface area contributed by atoms with Gasteiger partial charge in [-0.25, -0.2) is 4.98 Å². The number of carbonyl (C=O) groups is 1. The molecule has 1 rings (SSSR count). The lowest BCUT2D eigenvalue weighted by Crippen LogP contribution is -2.34. The first kappa shape index (κ1) is 10.6. The summed E-state index contributed by atoms with van der Waals surface area (Å²) in [6, 6.07) is 0. The molecule has 78 valence electrons. The van der Waals surface area contributed by atoms with Crippen LogP contribution in [0, 0.1) is 6.92 Å². The van der Waals surface area contributed by atoms with Crippen LogP contribution in [0.3, 0.4) is 0 Å². The van der Waals surface area contributed by atoms with Gasteiger partial charge in [0.05, 0.1) is 12.7 Å². The molecule has 0 spiro atoms. The Kier molecular flexibility index (Phi) is 3.55. The van der Waals surface area contributed by atoms with Gasteiger partial charge in [0, 0.05) is 6.54 Å². The van der Waals surface area contributed by atoms with Crippen LogP contribution in [-0.4, -0.2) is 50.6 Å². The van der Waals surface area contributed by atoms with E-state index in [4.69, 9.17) is 10.2 Å². The van der Waals surface area contributed by atoms with Crippen LogP contribution in [0.1, 0.15) is 16.4 Å². The van der Waals surface area contributed by atoms with E-state index in [2.05, 4.69) is 20.5 Å². The summed E-state index contributed by atoms with van der Waals surface area (Å²) in [6.07, 6.45) is -0.959. The van der Waals surface area contributed by atoms with Crippen LogP contribution in [0.5, 0.6) is 0 Å². The summed E-state index contributed by atoms with van der Waals surface area (Å²) in [5.74, 6) is 0.0762. The number of hydrogen-bond donors (Lipinski definition) is 4. The Morgan fingerprint density at radius 2 is 2.43 bits per heavy atom. The van der Waals surface area contributed by atoms with Crippen molar-refractivity contribution in [3.8, 4) is 0 Å². The average Bonchev–Trinajstić information content (AvgIpc) is 2.60. The van der Waals surface area contributed by atoms with E-state index in [1.807, 2.05) is 0 Å². The molecule has 1 atom stereocenters. The van der Waals surface area contributed by atoms with Crippen molar-refractivity contribution in [2.75, 3.05) is 13.2 Å². The lowest BCUT2D eigenvalue weighted by atomic mass is 10.4. The van der Waals surface area contributed by atoms with Gasteiger partial charge < -0.3 is 15.5 Å². The van der Waals surface area contributed by atoms with Crippen molar-refractivity contribution < 1.29 is 15.0 Å². The molecule has 14 heavy (non-hydrogen) atoms. The molecule has 0 saturated carbocycles. The third kappa shape index (κ3) is 2.79. The maximum atomic E-state index is 11.2. The first-order chi connectivity index (χ1) is 6.63. The molecule has 0 aromatic carbocycles. The Bertz CT molecular complexity index is 312. The normalized spacial score (nSPS) is 12.5. The highest BCUT2D eigenvalue weighted by molar-refractivity contribution is 5.90. The SMILES string of the molecule is Cc1nc(C(=O)NCC(O)CO)n[nH]1. The zero-order valence-corrected chi connectivity index (χ0v) is 7.69. The van der Waals surface area contributed by atoms with Crippen LogP contribution >= 0.6 is 0 Å². The number of nitrogens with one attached hydrogen (secondary N) is 2. The van der Waals surface area contributed by atoms with Gasteiger partial charge in [-0.2, -0.15) is 0 Å². The van der Waals surface area contributed by atoms with Gasteiger partial charge in [0.15, 0.2) is 0 Å². The van der Waals surface area contributed by atoms with Gasteiger partial charge in [0.2, 0.25) is 5.82 Å². The number of aliphatic hydroxyl groups excluding tert-OH is 2.